The molecule has 1 heterocycles. The zero-order valence-electron chi connectivity index (χ0n) is 10.4. The second-order valence-electron chi connectivity index (χ2n) is 5.20. The minimum absolute atomic E-state index is 0.297. The molecule has 0 aromatic rings. The molecule has 0 aromatic heterocycles. The van der Waals surface area contributed by atoms with Crippen LogP contribution in [0.1, 0.15) is 26.2 Å². The second-order valence-corrected chi connectivity index (χ2v) is 5.20. The SMILES string of the molecule is CC1(O)CCCN(CC(C(=N)N)C(F)(F)F)CC1. The number of nitrogens with one attached hydrogen (secondary N) is 1. The Hall–Kier alpha value is -0.820. The standard InChI is InChI=1S/C11H20F3N3O/c1-10(18)3-2-5-17(6-4-10)7-8(9(15)16)11(12,13)14/h8,18H,2-7H2,1H3,(H3,15,16). The maximum absolute atomic E-state index is 12.7. The minimum Gasteiger partial charge on any atom is -0.390 e. The molecular formula is C11H20F3N3O. The van der Waals surface area contributed by atoms with Crippen molar-refractivity contribution in [2.45, 2.75) is 38.0 Å². The highest BCUT2D eigenvalue weighted by Crippen LogP contribution is 2.28. The van der Waals surface area contributed by atoms with Gasteiger partial charge in [-0.25, -0.2) is 0 Å². The Morgan fingerprint density at radius 2 is 2.06 bits per heavy atom. The average Bonchev–Trinajstić information content (AvgIpc) is 2.34. The van der Waals surface area contributed by atoms with Crippen LogP contribution in [-0.2, 0) is 0 Å². The van der Waals surface area contributed by atoms with Crippen LogP contribution in [0.25, 0.3) is 0 Å². The topological polar surface area (TPSA) is 73.3 Å². The summed E-state index contributed by atoms with van der Waals surface area (Å²) in [6, 6.07) is 0. The minimum atomic E-state index is -4.49. The molecule has 1 aliphatic heterocycles. The number of amidine groups is 1. The average molecular weight is 267 g/mol. The van der Waals surface area contributed by atoms with E-state index in [1.165, 1.54) is 0 Å². The molecule has 0 bridgehead atoms. The Kier molecular flexibility index (Phi) is 4.61. The van der Waals surface area contributed by atoms with E-state index in [2.05, 4.69) is 0 Å². The van der Waals surface area contributed by atoms with Gasteiger partial charge in [0.05, 0.1) is 5.60 Å². The number of hydrogen-bond donors (Lipinski definition) is 3. The molecule has 106 valence electrons. The van der Waals surface area contributed by atoms with E-state index < -0.39 is 23.5 Å². The Labute approximate surface area is 104 Å². The Morgan fingerprint density at radius 1 is 1.44 bits per heavy atom. The number of rotatable bonds is 3. The van der Waals surface area contributed by atoms with Crippen molar-refractivity contribution in [3.8, 4) is 0 Å². The van der Waals surface area contributed by atoms with Crippen LogP contribution >= 0.6 is 0 Å². The summed E-state index contributed by atoms with van der Waals surface area (Å²) in [5.41, 5.74) is 4.21. The van der Waals surface area contributed by atoms with E-state index in [0.717, 1.165) is 0 Å². The fraction of sp³-hybridized carbons (Fsp3) is 0.909. The Morgan fingerprint density at radius 3 is 2.56 bits per heavy atom. The summed E-state index contributed by atoms with van der Waals surface area (Å²) < 4.78 is 38.0. The first kappa shape index (κ1) is 15.2. The predicted molar refractivity (Wildman–Crippen MR) is 62.4 cm³/mol. The Balaban J connectivity index is 2.63. The van der Waals surface area contributed by atoms with Crippen LogP contribution < -0.4 is 5.73 Å². The van der Waals surface area contributed by atoms with E-state index in [-0.39, 0.29) is 6.54 Å². The molecule has 1 saturated heterocycles. The van der Waals surface area contributed by atoms with E-state index in [0.29, 0.717) is 32.4 Å². The smallest absolute Gasteiger partial charge is 0.390 e. The summed E-state index contributed by atoms with van der Waals surface area (Å²) in [5, 5.41) is 16.9. The second kappa shape index (κ2) is 5.44. The first-order valence-corrected chi connectivity index (χ1v) is 5.97. The lowest BCUT2D eigenvalue weighted by Crippen LogP contribution is -2.44. The van der Waals surface area contributed by atoms with Gasteiger partial charge in [-0.15, -0.1) is 0 Å². The van der Waals surface area contributed by atoms with Gasteiger partial charge in [-0.1, -0.05) is 0 Å². The quantitative estimate of drug-likeness (QED) is 0.533. The first-order valence-electron chi connectivity index (χ1n) is 5.97. The van der Waals surface area contributed by atoms with Gasteiger partial charge in [0.1, 0.15) is 11.8 Å². The van der Waals surface area contributed by atoms with Gasteiger partial charge in [-0.2, -0.15) is 13.2 Å². The third kappa shape index (κ3) is 4.45. The van der Waals surface area contributed by atoms with Crippen molar-refractivity contribution in [2.24, 2.45) is 11.7 Å². The molecular weight excluding hydrogens is 247 g/mol. The van der Waals surface area contributed by atoms with Crippen LogP contribution in [-0.4, -0.2) is 47.3 Å². The van der Waals surface area contributed by atoms with Crippen molar-refractivity contribution in [3.63, 3.8) is 0 Å². The lowest BCUT2D eigenvalue weighted by Gasteiger charge is -2.27. The maximum Gasteiger partial charge on any atom is 0.399 e. The fourth-order valence-electron chi connectivity index (χ4n) is 2.14. The van der Waals surface area contributed by atoms with Crippen molar-refractivity contribution >= 4 is 5.84 Å². The summed E-state index contributed by atoms with van der Waals surface area (Å²) in [5.74, 6) is -2.76. The van der Waals surface area contributed by atoms with Gasteiger partial charge >= 0.3 is 6.18 Å². The molecule has 2 atom stereocenters. The van der Waals surface area contributed by atoms with Crippen molar-refractivity contribution in [1.82, 2.24) is 4.90 Å². The van der Waals surface area contributed by atoms with Crippen molar-refractivity contribution in [3.05, 3.63) is 0 Å². The summed E-state index contributed by atoms with van der Waals surface area (Å²) in [6.07, 6.45) is -2.81. The summed E-state index contributed by atoms with van der Waals surface area (Å²) in [6.45, 7) is 2.29. The van der Waals surface area contributed by atoms with Gasteiger partial charge < -0.3 is 15.7 Å². The third-order valence-electron chi connectivity index (χ3n) is 3.37. The molecule has 0 saturated carbocycles. The Bertz CT molecular complexity index is 304. The van der Waals surface area contributed by atoms with Gasteiger partial charge in [-0.05, 0) is 32.7 Å². The molecule has 4 nitrogen and oxygen atoms in total. The molecule has 7 heteroatoms. The number of halogens is 3. The first-order chi connectivity index (χ1) is 8.12. The van der Waals surface area contributed by atoms with Crippen molar-refractivity contribution in [1.29, 1.82) is 5.41 Å². The number of nitrogens with zero attached hydrogens (tertiary/aromatic N) is 1. The molecule has 2 unspecified atom stereocenters. The van der Waals surface area contributed by atoms with Gasteiger partial charge in [0, 0.05) is 13.1 Å². The van der Waals surface area contributed by atoms with Crippen LogP contribution in [0.15, 0.2) is 0 Å². The van der Waals surface area contributed by atoms with Gasteiger partial charge in [0.25, 0.3) is 0 Å². The summed E-state index contributed by atoms with van der Waals surface area (Å²) in [4.78, 5) is 1.63. The molecule has 4 N–H and O–H groups in total. The van der Waals surface area contributed by atoms with Gasteiger partial charge in [0.2, 0.25) is 0 Å². The van der Waals surface area contributed by atoms with Crippen molar-refractivity contribution < 1.29 is 18.3 Å². The maximum atomic E-state index is 12.7. The molecule has 1 fully saturated rings. The summed E-state index contributed by atoms with van der Waals surface area (Å²) >= 11 is 0. The summed E-state index contributed by atoms with van der Waals surface area (Å²) in [7, 11) is 0. The molecule has 1 rings (SSSR count). The highest BCUT2D eigenvalue weighted by molar-refractivity contribution is 5.80. The molecule has 0 aliphatic carbocycles. The van der Waals surface area contributed by atoms with Gasteiger partial charge in [-0.3, -0.25) is 5.41 Å². The number of nitrogens with two attached hydrogens (primary N) is 1. The highest BCUT2D eigenvalue weighted by Gasteiger charge is 2.43. The number of hydrogen-bond acceptors (Lipinski definition) is 3. The molecule has 0 radical (unpaired) electrons. The van der Waals surface area contributed by atoms with Crippen LogP contribution in [0.5, 0.6) is 0 Å². The van der Waals surface area contributed by atoms with E-state index in [1.807, 2.05) is 0 Å². The van der Waals surface area contributed by atoms with Crippen molar-refractivity contribution in [2.75, 3.05) is 19.6 Å². The fourth-order valence-corrected chi connectivity index (χ4v) is 2.14. The van der Waals surface area contributed by atoms with Crippen LogP contribution in [0, 0.1) is 11.3 Å². The third-order valence-corrected chi connectivity index (χ3v) is 3.37. The van der Waals surface area contributed by atoms with Crippen LogP contribution in [0.2, 0.25) is 0 Å². The normalized spacial score (nSPS) is 28.7. The van der Waals surface area contributed by atoms with Crippen LogP contribution in [0.4, 0.5) is 13.2 Å². The molecule has 0 spiro atoms. The van der Waals surface area contributed by atoms with E-state index in [1.54, 1.807) is 11.8 Å². The number of alkyl halides is 3. The zero-order valence-corrected chi connectivity index (χ0v) is 10.4. The molecule has 18 heavy (non-hydrogen) atoms. The molecule has 1 aliphatic rings. The van der Waals surface area contributed by atoms with E-state index in [4.69, 9.17) is 11.1 Å². The van der Waals surface area contributed by atoms with Crippen LogP contribution in [0.3, 0.4) is 0 Å². The number of likely N-dealkylation sites (tertiary alicyclic amines) is 1. The lowest BCUT2D eigenvalue weighted by molar-refractivity contribution is -0.160. The van der Waals surface area contributed by atoms with E-state index in [9.17, 15) is 18.3 Å². The zero-order chi connectivity index (χ0) is 14.0. The highest BCUT2D eigenvalue weighted by atomic mass is 19.4. The number of aliphatic hydroxyl groups is 1. The molecule has 0 amide bonds. The largest absolute Gasteiger partial charge is 0.399 e. The van der Waals surface area contributed by atoms with Gasteiger partial charge in [0.15, 0.2) is 0 Å². The predicted octanol–water partition coefficient (Wildman–Crippen LogP) is 1.34. The lowest BCUT2D eigenvalue weighted by atomic mass is 9.98. The molecule has 0 aromatic carbocycles. The van der Waals surface area contributed by atoms with E-state index >= 15 is 0 Å². The monoisotopic (exact) mass is 267 g/mol.